The molecule has 2 aromatic carbocycles. The van der Waals surface area contributed by atoms with Gasteiger partial charge < -0.3 is 40.0 Å². The van der Waals surface area contributed by atoms with E-state index in [1.807, 2.05) is 95.2 Å². The van der Waals surface area contributed by atoms with Gasteiger partial charge in [-0.3, -0.25) is 0 Å². The molecular weight excluding hydrogens is 602 g/mol. The predicted octanol–water partition coefficient (Wildman–Crippen LogP) is 5.50. The minimum absolute atomic E-state index is 0.281. The van der Waals surface area contributed by atoms with Crippen LogP contribution in [0.2, 0.25) is 0 Å². The van der Waals surface area contributed by atoms with Crippen LogP contribution in [0.3, 0.4) is 0 Å². The van der Waals surface area contributed by atoms with Crippen LogP contribution in [0.5, 0.6) is 0 Å². The molecule has 0 radical (unpaired) electrons. The van der Waals surface area contributed by atoms with Crippen molar-refractivity contribution in [1.29, 1.82) is 0 Å². The van der Waals surface area contributed by atoms with Crippen molar-refractivity contribution < 1.29 is 47.1 Å². The van der Waals surface area contributed by atoms with E-state index in [0.29, 0.717) is 22.3 Å². The molecule has 0 aliphatic carbocycles. The van der Waals surface area contributed by atoms with E-state index < -0.39 is 58.9 Å². The summed E-state index contributed by atoms with van der Waals surface area (Å²) < 4.78 is 22.2. The Hall–Kier alpha value is -1.06. The third-order valence-corrected chi connectivity index (χ3v) is 8.78. The highest BCUT2D eigenvalue weighted by Crippen LogP contribution is 2.51. The third kappa shape index (κ3) is 9.49. The number of benzene rings is 2. The van der Waals surface area contributed by atoms with Gasteiger partial charge in [0.25, 0.3) is 0 Å². The van der Waals surface area contributed by atoms with Crippen molar-refractivity contribution in [3.63, 3.8) is 0 Å². The van der Waals surface area contributed by atoms with Gasteiger partial charge >= 0.3 is 17.2 Å². The molecule has 9 nitrogen and oxygen atoms in total. The first-order chi connectivity index (χ1) is 20.6. The number of aliphatic hydroxyl groups excluding tert-OH is 3. The Bertz CT molecular complexity index is 1220. The van der Waals surface area contributed by atoms with Gasteiger partial charge in [-0.25, -0.2) is 4.31 Å². The molecule has 0 bridgehead atoms. The average Bonchev–Trinajstić information content (AvgIpc) is 2.85. The van der Waals surface area contributed by atoms with Crippen LogP contribution in [-0.4, -0.2) is 59.8 Å². The van der Waals surface area contributed by atoms with E-state index in [2.05, 4.69) is 4.31 Å². The van der Waals surface area contributed by atoms with Gasteiger partial charge in [-0.1, -0.05) is 119 Å². The van der Waals surface area contributed by atoms with Crippen LogP contribution in [0.1, 0.15) is 119 Å². The molecule has 0 saturated carbocycles. The van der Waals surface area contributed by atoms with Crippen molar-refractivity contribution in [2.75, 3.05) is 19.8 Å². The summed E-state index contributed by atoms with van der Waals surface area (Å²) in [5.41, 5.74) is -2.38. The molecule has 44 heavy (non-hydrogen) atoms. The van der Waals surface area contributed by atoms with Crippen LogP contribution in [0.4, 0.5) is 0 Å². The summed E-state index contributed by atoms with van der Waals surface area (Å²) in [6, 6.07) is 7.78. The Morgan fingerprint density at radius 1 is 0.545 bits per heavy atom. The molecule has 0 heterocycles. The first-order valence-corrected chi connectivity index (χ1v) is 16.8. The van der Waals surface area contributed by atoms with Crippen LogP contribution in [-0.2, 0) is 31.6 Å². The Morgan fingerprint density at radius 2 is 0.841 bits per heavy atom. The predicted molar refractivity (Wildman–Crippen MR) is 178 cm³/mol. The topological polar surface area (TPSA) is 171 Å². The SMILES string of the molecule is OP(O)OP(O)O.[2H]c1c(C(C)(C)C)ccc(C(O)(c2ccc(C(C)(C)C)c([2H])c2C(C)(C)C)C(CO)(CO)CO)c1C(C)(C)C. The summed E-state index contributed by atoms with van der Waals surface area (Å²) in [4.78, 5) is 31.3. The summed E-state index contributed by atoms with van der Waals surface area (Å²) in [5, 5.41) is 45.4. The lowest BCUT2D eigenvalue weighted by molar-refractivity contribution is -0.137. The van der Waals surface area contributed by atoms with Gasteiger partial charge in [-0.05, 0) is 55.0 Å². The third-order valence-electron chi connectivity index (χ3n) is 7.61. The normalized spacial score (nSPS) is 14.4. The van der Waals surface area contributed by atoms with E-state index in [1.165, 1.54) is 0 Å². The molecule has 0 aliphatic heterocycles. The van der Waals surface area contributed by atoms with Crippen molar-refractivity contribution >= 4 is 17.2 Å². The maximum absolute atomic E-state index is 13.1. The van der Waals surface area contributed by atoms with E-state index in [-0.39, 0.29) is 22.9 Å². The zero-order valence-corrected chi connectivity index (χ0v) is 30.1. The standard InChI is InChI=1S/C33H52O4.H4O5P2/c1-28(2,3)22-13-15-24(26(17-22)30(7,8)9)33(37,32(19-34,20-35)21-36)25-16-14-23(29(4,5)6)18-27(25)31(10,11)12;1-6(2)5-7(3)4/h13-18,34-37H,19-21H2,1-12H3;1-4H/i17D,18D;. The lowest BCUT2D eigenvalue weighted by Crippen LogP contribution is -2.55. The zero-order chi connectivity index (χ0) is 36.4. The van der Waals surface area contributed by atoms with Crippen molar-refractivity contribution in [2.45, 2.75) is 110 Å². The van der Waals surface area contributed by atoms with E-state index in [4.69, 9.17) is 19.6 Å². The highest BCUT2D eigenvalue weighted by molar-refractivity contribution is 7.53. The van der Waals surface area contributed by atoms with Crippen LogP contribution in [0, 0.1) is 5.41 Å². The first kappa shape index (κ1) is 37.4. The maximum atomic E-state index is 13.1. The second kappa shape index (κ2) is 14.8. The number of aliphatic hydroxyl groups is 4. The largest absolute Gasteiger partial charge is 0.395 e. The lowest BCUT2D eigenvalue weighted by atomic mass is 9.60. The smallest absolute Gasteiger partial charge is 0.334 e. The molecule has 8 N–H and O–H groups in total. The molecule has 0 saturated heterocycles. The molecule has 0 fully saturated rings. The molecule has 2 aromatic rings. The molecule has 0 spiro atoms. The summed E-state index contributed by atoms with van der Waals surface area (Å²) >= 11 is 0. The molecule has 11 heteroatoms. The maximum Gasteiger partial charge on any atom is 0.334 e. The Balaban J connectivity index is 0.00000135. The molecule has 0 aliphatic rings. The number of hydrogen-bond donors (Lipinski definition) is 8. The minimum Gasteiger partial charge on any atom is -0.395 e. The summed E-state index contributed by atoms with van der Waals surface area (Å²) in [7, 11) is -5.22. The van der Waals surface area contributed by atoms with Gasteiger partial charge in [0.05, 0.1) is 28.0 Å². The van der Waals surface area contributed by atoms with Gasteiger partial charge in [0, 0.05) is 0 Å². The lowest BCUT2D eigenvalue weighted by Gasteiger charge is -2.49. The molecule has 0 unspecified atom stereocenters. The fourth-order valence-corrected chi connectivity index (χ4v) is 5.45. The highest BCUT2D eigenvalue weighted by Gasteiger charge is 2.55. The van der Waals surface area contributed by atoms with Crippen LogP contribution in [0.25, 0.3) is 0 Å². The molecule has 2 rings (SSSR count). The number of hydrogen-bond acceptors (Lipinski definition) is 9. The average molecular weight is 661 g/mol. The summed E-state index contributed by atoms with van der Waals surface area (Å²) in [5.74, 6) is 0. The summed E-state index contributed by atoms with van der Waals surface area (Å²) in [6.07, 6.45) is 0. The molecular formula is C33H56O9P2. The van der Waals surface area contributed by atoms with E-state index >= 15 is 0 Å². The Morgan fingerprint density at radius 3 is 1.02 bits per heavy atom. The first-order valence-electron chi connectivity index (χ1n) is 15.5. The van der Waals surface area contributed by atoms with Gasteiger partial charge in [0.2, 0.25) is 0 Å². The highest BCUT2D eigenvalue weighted by atomic mass is 31.2. The quantitative estimate of drug-likeness (QED) is 0.170. The summed E-state index contributed by atoms with van der Waals surface area (Å²) in [6.45, 7) is 21.9. The van der Waals surface area contributed by atoms with Crippen LogP contribution in [0.15, 0.2) is 36.4 Å². The number of rotatable bonds is 8. The fourth-order valence-electron chi connectivity index (χ4n) is 4.92. The molecule has 0 atom stereocenters. The van der Waals surface area contributed by atoms with Gasteiger partial charge in [-0.2, -0.15) is 0 Å². The molecule has 252 valence electrons. The van der Waals surface area contributed by atoms with E-state index in [1.54, 1.807) is 12.1 Å². The van der Waals surface area contributed by atoms with Crippen LogP contribution < -0.4 is 0 Å². The van der Waals surface area contributed by atoms with Crippen LogP contribution >= 0.6 is 17.2 Å². The monoisotopic (exact) mass is 660 g/mol. The van der Waals surface area contributed by atoms with E-state index in [0.717, 1.165) is 11.1 Å². The Labute approximate surface area is 269 Å². The molecule has 0 aromatic heterocycles. The van der Waals surface area contributed by atoms with E-state index in [9.17, 15) is 23.2 Å². The Kier molecular flexibility index (Phi) is 12.6. The molecule has 0 amide bonds. The zero-order valence-electron chi connectivity index (χ0n) is 30.3. The van der Waals surface area contributed by atoms with Gasteiger partial charge in [0.1, 0.15) is 5.60 Å². The van der Waals surface area contributed by atoms with Gasteiger partial charge in [0.15, 0.2) is 0 Å². The second-order valence-electron chi connectivity index (χ2n) is 15.4. The van der Waals surface area contributed by atoms with Crippen molar-refractivity contribution in [3.05, 3.63) is 69.7 Å². The second-order valence-corrected chi connectivity index (χ2v) is 17.0. The van der Waals surface area contributed by atoms with Gasteiger partial charge in [-0.15, -0.1) is 0 Å². The fraction of sp³-hybridized carbons (Fsp3) is 0.636. The van der Waals surface area contributed by atoms with Crippen molar-refractivity contribution in [3.8, 4) is 0 Å². The van der Waals surface area contributed by atoms with Crippen molar-refractivity contribution in [1.82, 2.24) is 0 Å². The minimum atomic E-state index is -2.61. The van der Waals surface area contributed by atoms with Crippen molar-refractivity contribution in [2.24, 2.45) is 5.41 Å².